The van der Waals surface area contributed by atoms with Crippen LogP contribution in [0.1, 0.15) is 59.4 Å². The van der Waals surface area contributed by atoms with Gasteiger partial charge in [-0.05, 0) is 47.8 Å². The molecule has 1 aromatic carbocycles. The van der Waals surface area contributed by atoms with Crippen LogP contribution in [0.5, 0.6) is 5.75 Å². The van der Waals surface area contributed by atoms with Gasteiger partial charge in [0, 0.05) is 0 Å². The van der Waals surface area contributed by atoms with Gasteiger partial charge >= 0.3 is 0 Å². The van der Waals surface area contributed by atoms with Crippen molar-refractivity contribution < 1.29 is 4.74 Å². The zero-order chi connectivity index (χ0) is 13.4. The lowest BCUT2D eigenvalue weighted by molar-refractivity contribution is 0.193. The van der Waals surface area contributed by atoms with Gasteiger partial charge in [-0.3, -0.25) is 0 Å². The topological polar surface area (TPSA) is 9.23 Å². The standard InChI is InChI=1S/C17H26O/c1-16(2,3)13-7-6-8-14(11-13)18-15-9-10-17(4,5)12-15/h6-8,11,15H,9-10,12H2,1-5H3. The summed E-state index contributed by atoms with van der Waals surface area (Å²) < 4.78 is 6.15. The van der Waals surface area contributed by atoms with Crippen molar-refractivity contribution in [3.8, 4) is 5.75 Å². The molecule has 1 saturated carbocycles. The van der Waals surface area contributed by atoms with E-state index in [0.717, 1.165) is 5.75 Å². The number of rotatable bonds is 2. The molecule has 0 N–H and O–H groups in total. The van der Waals surface area contributed by atoms with Crippen molar-refractivity contribution in [2.45, 2.75) is 65.4 Å². The van der Waals surface area contributed by atoms with Gasteiger partial charge in [-0.1, -0.05) is 46.8 Å². The molecule has 1 aliphatic carbocycles. The van der Waals surface area contributed by atoms with E-state index in [4.69, 9.17) is 4.74 Å². The highest BCUT2D eigenvalue weighted by atomic mass is 16.5. The van der Waals surface area contributed by atoms with Crippen LogP contribution in [0, 0.1) is 5.41 Å². The predicted octanol–water partition coefficient (Wildman–Crippen LogP) is 4.94. The van der Waals surface area contributed by atoms with Crippen molar-refractivity contribution in [3.05, 3.63) is 29.8 Å². The van der Waals surface area contributed by atoms with Gasteiger partial charge in [-0.15, -0.1) is 0 Å². The quantitative estimate of drug-likeness (QED) is 0.718. The van der Waals surface area contributed by atoms with Crippen LogP contribution in [-0.4, -0.2) is 6.10 Å². The molecule has 0 spiro atoms. The molecular formula is C17H26O. The van der Waals surface area contributed by atoms with Gasteiger partial charge in [-0.25, -0.2) is 0 Å². The molecule has 18 heavy (non-hydrogen) atoms. The SMILES string of the molecule is CC1(C)CCC(Oc2cccc(C(C)(C)C)c2)C1. The van der Waals surface area contributed by atoms with E-state index in [0.29, 0.717) is 11.5 Å². The molecular weight excluding hydrogens is 220 g/mol. The largest absolute Gasteiger partial charge is 0.490 e. The van der Waals surface area contributed by atoms with Gasteiger partial charge in [0.1, 0.15) is 5.75 Å². The fourth-order valence-electron chi connectivity index (χ4n) is 2.70. The molecule has 0 aromatic heterocycles. The Morgan fingerprint density at radius 3 is 2.50 bits per heavy atom. The van der Waals surface area contributed by atoms with Crippen LogP contribution < -0.4 is 4.74 Å². The van der Waals surface area contributed by atoms with Gasteiger partial charge in [0.2, 0.25) is 0 Å². The molecule has 0 amide bonds. The highest BCUT2D eigenvalue weighted by Gasteiger charge is 2.32. The van der Waals surface area contributed by atoms with Crippen molar-refractivity contribution in [3.63, 3.8) is 0 Å². The van der Waals surface area contributed by atoms with Crippen molar-refractivity contribution in [2.24, 2.45) is 5.41 Å². The second kappa shape index (κ2) is 4.60. The summed E-state index contributed by atoms with van der Waals surface area (Å²) in [4.78, 5) is 0. The molecule has 1 nitrogen and oxygen atoms in total. The maximum absolute atomic E-state index is 6.15. The minimum absolute atomic E-state index is 0.189. The molecule has 1 fully saturated rings. The lowest BCUT2D eigenvalue weighted by Gasteiger charge is -2.22. The number of benzene rings is 1. The Morgan fingerprint density at radius 1 is 1.22 bits per heavy atom. The number of ether oxygens (including phenoxy) is 1. The van der Waals surface area contributed by atoms with E-state index in [1.165, 1.54) is 24.8 Å². The van der Waals surface area contributed by atoms with Crippen LogP contribution in [0.4, 0.5) is 0 Å². The van der Waals surface area contributed by atoms with Crippen LogP contribution in [0.3, 0.4) is 0 Å². The third-order valence-electron chi connectivity index (χ3n) is 3.93. The summed E-state index contributed by atoms with van der Waals surface area (Å²) in [6.07, 6.45) is 4.03. The Morgan fingerprint density at radius 2 is 1.94 bits per heavy atom. The summed E-state index contributed by atoms with van der Waals surface area (Å²) in [5.74, 6) is 1.03. The Hall–Kier alpha value is -0.980. The molecule has 1 unspecified atom stereocenters. The van der Waals surface area contributed by atoms with Gasteiger partial charge in [-0.2, -0.15) is 0 Å². The third-order valence-corrected chi connectivity index (χ3v) is 3.93. The number of hydrogen-bond donors (Lipinski definition) is 0. The molecule has 1 heteroatoms. The molecule has 1 aliphatic rings. The van der Waals surface area contributed by atoms with Gasteiger partial charge < -0.3 is 4.74 Å². The summed E-state index contributed by atoms with van der Waals surface area (Å²) in [7, 11) is 0. The molecule has 0 radical (unpaired) electrons. The van der Waals surface area contributed by atoms with Gasteiger partial charge in [0.05, 0.1) is 6.10 Å². The Balaban J connectivity index is 2.07. The molecule has 1 atom stereocenters. The lowest BCUT2D eigenvalue weighted by atomic mass is 9.87. The van der Waals surface area contributed by atoms with E-state index in [-0.39, 0.29) is 5.41 Å². The molecule has 0 aliphatic heterocycles. The molecule has 1 aromatic rings. The summed E-state index contributed by atoms with van der Waals surface area (Å²) in [5.41, 5.74) is 1.98. The van der Waals surface area contributed by atoms with Crippen molar-refractivity contribution >= 4 is 0 Å². The average Bonchev–Trinajstić information content (AvgIpc) is 2.57. The summed E-state index contributed by atoms with van der Waals surface area (Å²) >= 11 is 0. The lowest BCUT2D eigenvalue weighted by Crippen LogP contribution is -2.16. The maximum atomic E-state index is 6.15. The Labute approximate surface area is 112 Å². The first-order valence-electron chi connectivity index (χ1n) is 7.03. The van der Waals surface area contributed by atoms with E-state index in [1.807, 2.05) is 0 Å². The van der Waals surface area contributed by atoms with Gasteiger partial charge in [0.15, 0.2) is 0 Å². The Bertz CT molecular complexity index is 412. The average molecular weight is 246 g/mol. The number of hydrogen-bond acceptors (Lipinski definition) is 1. The smallest absolute Gasteiger partial charge is 0.120 e. The molecule has 100 valence electrons. The van der Waals surface area contributed by atoms with Crippen LogP contribution in [-0.2, 0) is 5.41 Å². The molecule has 0 bridgehead atoms. The first-order valence-corrected chi connectivity index (χ1v) is 7.03. The van der Waals surface area contributed by atoms with Crippen LogP contribution >= 0.6 is 0 Å². The highest BCUT2D eigenvalue weighted by Crippen LogP contribution is 2.39. The molecule has 0 saturated heterocycles. The normalized spacial score (nSPS) is 23.1. The first kappa shape index (κ1) is 13.5. The fourth-order valence-corrected chi connectivity index (χ4v) is 2.70. The van der Waals surface area contributed by atoms with Crippen molar-refractivity contribution in [2.75, 3.05) is 0 Å². The summed E-state index contributed by atoms with van der Waals surface area (Å²) in [6.45, 7) is 11.4. The Kier molecular flexibility index (Phi) is 3.44. The second-order valence-corrected chi connectivity index (χ2v) is 7.42. The molecule has 2 rings (SSSR count). The zero-order valence-corrected chi connectivity index (χ0v) is 12.4. The van der Waals surface area contributed by atoms with Crippen LogP contribution in [0.2, 0.25) is 0 Å². The molecule has 0 heterocycles. The van der Waals surface area contributed by atoms with E-state index < -0.39 is 0 Å². The fraction of sp³-hybridized carbons (Fsp3) is 0.647. The zero-order valence-electron chi connectivity index (χ0n) is 12.4. The van der Waals surface area contributed by atoms with Crippen LogP contribution in [0.15, 0.2) is 24.3 Å². The summed E-state index contributed by atoms with van der Waals surface area (Å²) in [6, 6.07) is 8.58. The summed E-state index contributed by atoms with van der Waals surface area (Å²) in [5, 5.41) is 0. The first-order chi connectivity index (χ1) is 8.26. The highest BCUT2D eigenvalue weighted by molar-refractivity contribution is 5.32. The minimum atomic E-state index is 0.189. The van der Waals surface area contributed by atoms with Crippen molar-refractivity contribution in [1.82, 2.24) is 0 Å². The van der Waals surface area contributed by atoms with Gasteiger partial charge in [0.25, 0.3) is 0 Å². The van der Waals surface area contributed by atoms with Crippen molar-refractivity contribution in [1.29, 1.82) is 0 Å². The predicted molar refractivity (Wildman–Crippen MR) is 77.2 cm³/mol. The van der Waals surface area contributed by atoms with E-state index >= 15 is 0 Å². The monoisotopic (exact) mass is 246 g/mol. The van der Waals surface area contributed by atoms with E-state index in [1.54, 1.807) is 0 Å². The third kappa shape index (κ3) is 3.28. The second-order valence-electron chi connectivity index (χ2n) is 7.42. The van der Waals surface area contributed by atoms with E-state index in [2.05, 4.69) is 58.9 Å². The minimum Gasteiger partial charge on any atom is -0.490 e. The van der Waals surface area contributed by atoms with E-state index in [9.17, 15) is 0 Å². The maximum Gasteiger partial charge on any atom is 0.120 e. The van der Waals surface area contributed by atoms with Crippen LogP contribution in [0.25, 0.3) is 0 Å².